The van der Waals surface area contributed by atoms with Crippen LogP contribution in [0.1, 0.15) is 19.5 Å². The number of rotatable bonds is 2. The average Bonchev–Trinajstić information content (AvgIpc) is 2.54. The molecule has 14 heavy (non-hydrogen) atoms. The van der Waals surface area contributed by atoms with Crippen molar-refractivity contribution in [2.75, 3.05) is 13.1 Å². The lowest BCUT2D eigenvalue weighted by Crippen LogP contribution is -2.61. The van der Waals surface area contributed by atoms with Crippen LogP contribution in [0.25, 0.3) is 0 Å². The molecule has 1 atom stereocenters. The molecule has 0 amide bonds. The van der Waals surface area contributed by atoms with Gasteiger partial charge in [0.1, 0.15) is 0 Å². The van der Waals surface area contributed by atoms with Crippen molar-refractivity contribution in [3.63, 3.8) is 0 Å². The van der Waals surface area contributed by atoms with Gasteiger partial charge < -0.3 is 15.6 Å². The van der Waals surface area contributed by atoms with Gasteiger partial charge in [-0.25, -0.2) is 4.98 Å². The second-order valence-electron chi connectivity index (χ2n) is 4.64. The fourth-order valence-electron chi connectivity index (χ4n) is 2.00. The number of imidazole rings is 1. The van der Waals surface area contributed by atoms with Gasteiger partial charge >= 0.3 is 0 Å². The third-order valence-electron chi connectivity index (χ3n) is 2.57. The standard InChI is InChI=1S/C10H18N4/c1-10(2)6-11-5-9(14-10)3-8-4-12-7-13-8/h4,7,9,11,14H,3,5-6H2,1-2H3,(H,12,13)/t9-/m1/s1. The Hall–Kier alpha value is -0.870. The third kappa shape index (κ3) is 2.33. The highest BCUT2D eigenvalue weighted by atomic mass is 15.1. The number of aromatic nitrogens is 2. The van der Waals surface area contributed by atoms with Crippen molar-refractivity contribution in [3.05, 3.63) is 18.2 Å². The number of hydrogen-bond acceptors (Lipinski definition) is 3. The van der Waals surface area contributed by atoms with E-state index in [1.807, 2.05) is 6.20 Å². The van der Waals surface area contributed by atoms with Crippen LogP contribution in [0.2, 0.25) is 0 Å². The Balaban J connectivity index is 1.92. The number of aromatic amines is 1. The molecular weight excluding hydrogens is 176 g/mol. The highest BCUT2D eigenvalue weighted by molar-refractivity contribution is 5.01. The summed E-state index contributed by atoms with van der Waals surface area (Å²) in [6.07, 6.45) is 4.64. The molecule has 1 fully saturated rings. The summed E-state index contributed by atoms with van der Waals surface area (Å²) in [5, 5.41) is 7.06. The van der Waals surface area contributed by atoms with Gasteiger partial charge in [0.05, 0.1) is 6.33 Å². The van der Waals surface area contributed by atoms with E-state index >= 15 is 0 Å². The average molecular weight is 194 g/mol. The molecule has 0 aliphatic carbocycles. The molecule has 78 valence electrons. The molecule has 0 unspecified atom stereocenters. The summed E-state index contributed by atoms with van der Waals surface area (Å²) >= 11 is 0. The minimum absolute atomic E-state index is 0.197. The maximum atomic E-state index is 4.02. The number of H-pyrrole nitrogens is 1. The van der Waals surface area contributed by atoms with Crippen molar-refractivity contribution in [2.45, 2.75) is 31.8 Å². The molecule has 0 saturated carbocycles. The molecule has 0 spiro atoms. The lowest BCUT2D eigenvalue weighted by molar-refractivity contribution is 0.260. The molecule has 0 bridgehead atoms. The first kappa shape index (κ1) is 9.68. The molecule has 2 heterocycles. The Morgan fingerprint density at radius 1 is 1.57 bits per heavy atom. The predicted molar refractivity (Wildman–Crippen MR) is 56.2 cm³/mol. The smallest absolute Gasteiger partial charge is 0.0921 e. The van der Waals surface area contributed by atoms with Gasteiger partial charge in [0.2, 0.25) is 0 Å². The molecular formula is C10H18N4. The monoisotopic (exact) mass is 194 g/mol. The van der Waals surface area contributed by atoms with Gasteiger partial charge in [-0.3, -0.25) is 0 Å². The van der Waals surface area contributed by atoms with Crippen molar-refractivity contribution in [1.82, 2.24) is 20.6 Å². The van der Waals surface area contributed by atoms with E-state index in [-0.39, 0.29) is 5.54 Å². The second-order valence-corrected chi connectivity index (χ2v) is 4.64. The van der Waals surface area contributed by atoms with E-state index in [0.29, 0.717) is 6.04 Å². The van der Waals surface area contributed by atoms with Gasteiger partial charge in [-0.15, -0.1) is 0 Å². The largest absolute Gasteiger partial charge is 0.348 e. The van der Waals surface area contributed by atoms with Crippen LogP contribution in [0, 0.1) is 0 Å². The van der Waals surface area contributed by atoms with Crippen LogP contribution >= 0.6 is 0 Å². The molecule has 2 rings (SSSR count). The lowest BCUT2D eigenvalue weighted by atomic mass is 9.98. The zero-order valence-corrected chi connectivity index (χ0v) is 8.80. The molecule has 4 nitrogen and oxygen atoms in total. The Bertz CT molecular complexity index is 278. The summed E-state index contributed by atoms with van der Waals surface area (Å²) in [7, 11) is 0. The van der Waals surface area contributed by atoms with Crippen LogP contribution in [0.4, 0.5) is 0 Å². The van der Waals surface area contributed by atoms with E-state index in [1.54, 1.807) is 6.33 Å². The molecule has 1 aliphatic rings. The molecule has 4 heteroatoms. The van der Waals surface area contributed by atoms with E-state index in [2.05, 4.69) is 34.4 Å². The minimum atomic E-state index is 0.197. The first-order valence-electron chi connectivity index (χ1n) is 5.11. The van der Waals surface area contributed by atoms with Gasteiger partial charge in [-0.05, 0) is 13.8 Å². The van der Waals surface area contributed by atoms with Gasteiger partial charge in [-0.2, -0.15) is 0 Å². The van der Waals surface area contributed by atoms with Crippen LogP contribution < -0.4 is 10.6 Å². The van der Waals surface area contributed by atoms with Crippen molar-refractivity contribution < 1.29 is 0 Å². The van der Waals surface area contributed by atoms with Crippen LogP contribution in [0.3, 0.4) is 0 Å². The van der Waals surface area contributed by atoms with E-state index < -0.39 is 0 Å². The highest BCUT2D eigenvalue weighted by Crippen LogP contribution is 2.09. The zero-order valence-electron chi connectivity index (χ0n) is 8.80. The van der Waals surface area contributed by atoms with Crippen LogP contribution in [-0.2, 0) is 6.42 Å². The van der Waals surface area contributed by atoms with E-state index in [1.165, 1.54) is 5.69 Å². The summed E-state index contributed by atoms with van der Waals surface area (Å²) < 4.78 is 0. The Labute approximate surface area is 84.5 Å². The maximum Gasteiger partial charge on any atom is 0.0921 e. The van der Waals surface area contributed by atoms with Crippen LogP contribution in [0.15, 0.2) is 12.5 Å². The fourth-order valence-corrected chi connectivity index (χ4v) is 2.00. The topological polar surface area (TPSA) is 52.7 Å². The minimum Gasteiger partial charge on any atom is -0.348 e. The molecule has 1 aromatic rings. The lowest BCUT2D eigenvalue weighted by Gasteiger charge is -2.37. The van der Waals surface area contributed by atoms with Gasteiger partial charge in [0.15, 0.2) is 0 Å². The van der Waals surface area contributed by atoms with Crippen LogP contribution in [-0.4, -0.2) is 34.6 Å². The zero-order chi connectivity index (χ0) is 10.0. The first-order chi connectivity index (χ1) is 6.66. The maximum absolute atomic E-state index is 4.02. The van der Waals surface area contributed by atoms with Crippen molar-refractivity contribution in [2.24, 2.45) is 0 Å². The van der Waals surface area contributed by atoms with Crippen molar-refractivity contribution in [1.29, 1.82) is 0 Å². The van der Waals surface area contributed by atoms with Crippen molar-refractivity contribution >= 4 is 0 Å². The summed E-state index contributed by atoms with van der Waals surface area (Å²) in [5.74, 6) is 0. The van der Waals surface area contributed by atoms with E-state index in [4.69, 9.17) is 0 Å². The van der Waals surface area contributed by atoms with Crippen LogP contribution in [0.5, 0.6) is 0 Å². The Morgan fingerprint density at radius 3 is 3.07 bits per heavy atom. The summed E-state index contributed by atoms with van der Waals surface area (Å²) in [6, 6.07) is 0.499. The van der Waals surface area contributed by atoms with Gasteiger partial charge in [0, 0.05) is 43.0 Å². The summed E-state index contributed by atoms with van der Waals surface area (Å²) in [5.41, 5.74) is 1.39. The number of nitrogens with one attached hydrogen (secondary N) is 3. The molecule has 0 aromatic carbocycles. The normalized spacial score (nSPS) is 26.3. The van der Waals surface area contributed by atoms with Crippen molar-refractivity contribution in [3.8, 4) is 0 Å². The predicted octanol–water partition coefficient (Wildman–Crippen LogP) is 0.292. The van der Waals surface area contributed by atoms with E-state index in [0.717, 1.165) is 19.5 Å². The summed E-state index contributed by atoms with van der Waals surface area (Å²) in [4.78, 5) is 7.15. The molecule has 0 radical (unpaired) electrons. The Morgan fingerprint density at radius 2 is 2.43 bits per heavy atom. The number of nitrogens with zero attached hydrogens (tertiary/aromatic N) is 1. The number of piperazine rings is 1. The first-order valence-corrected chi connectivity index (χ1v) is 5.11. The molecule has 1 aliphatic heterocycles. The van der Waals surface area contributed by atoms with Gasteiger partial charge in [0.25, 0.3) is 0 Å². The third-order valence-corrected chi connectivity index (χ3v) is 2.57. The second kappa shape index (κ2) is 3.71. The SMILES string of the molecule is CC1(C)CNC[C@@H](Cc2cnc[nH]2)N1. The fraction of sp³-hybridized carbons (Fsp3) is 0.700. The highest BCUT2D eigenvalue weighted by Gasteiger charge is 2.26. The number of hydrogen-bond donors (Lipinski definition) is 3. The van der Waals surface area contributed by atoms with E-state index in [9.17, 15) is 0 Å². The summed E-state index contributed by atoms with van der Waals surface area (Å²) in [6.45, 7) is 6.51. The molecule has 1 saturated heterocycles. The molecule has 3 N–H and O–H groups in total. The molecule has 1 aromatic heterocycles. The quantitative estimate of drug-likeness (QED) is 0.634. The van der Waals surface area contributed by atoms with Gasteiger partial charge in [-0.1, -0.05) is 0 Å². The Kier molecular flexibility index (Phi) is 2.56.